The van der Waals surface area contributed by atoms with E-state index in [1.807, 2.05) is 18.2 Å². The summed E-state index contributed by atoms with van der Waals surface area (Å²) in [5.74, 6) is -0.0550. The fraction of sp³-hybridized carbons (Fsp3) is 0.455. The summed E-state index contributed by atoms with van der Waals surface area (Å²) in [6.45, 7) is 1.20. The van der Waals surface area contributed by atoms with Crippen LogP contribution >= 0.6 is 0 Å². The van der Waals surface area contributed by atoms with Gasteiger partial charge in [-0.1, -0.05) is 30.3 Å². The SMILES string of the molecule is O=S(=O)(Cc1ccccc1)OC[C@H]1CCN1. The Hall–Kier alpha value is -0.910. The second kappa shape index (κ2) is 4.95. The molecule has 88 valence electrons. The molecule has 0 aromatic heterocycles. The average Bonchev–Trinajstić information content (AvgIpc) is 2.15. The van der Waals surface area contributed by atoms with E-state index in [2.05, 4.69) is 5.32 Å². The predicted octanol–water partition coefficient (Wildman–Crippen LogP) is 0.895. The number of hydrogen-bond donors (Lipinski definition) is 1. The molecule has 1 heterocycles. The van der Waals surface area contributed by atoms with Crippen LogP contribution in [-0.2, 0) is 20.1 Å². The minimum atomic E-state index is -3.45. The Morgan fingerprint density at radius 1 is 1.31 bits per heavy atom. The Morgan fingerprint density at radius 2 is 2.00 bits per heavy atom. The first-order valence-corrected chi connectivity index (χ1v) is 6.88. The van der Waals surface area contributed by atoms with Crippen LogP contribution < -0.4 is 5.32 Å². The highest BCUT2D eigenvalue weighted by Gasteiger charge is 2.20. The van der Waals surface area contributed by atoms with E-state index in [9.17, 15) is 8.42 Å². The van der Waals surface area contributed by atoms with Crippen molar-refractivity contribution in [2.45, 2.75) is 18.2 Å². The molecular formula is C11H15NO3S. The summed E-state index contributed by atoms with van der Waals surface area (Å²) in [6.07, 6.45) is 0.987. The molecule has 0 radical (unpaired) electrons. The van der Waals surface area contributed by atoms with E-state index in [0.29, 0.717) is 0 Å². The van der Waals surface area contributed by atoms with Crippen molar-refractivity contribution in [2.24, 2.45) is 0 Å². The summed E-state index contributed by atoms with van der Waals surface area (Å²) in [5, 5.41) is 3.09. The molecule has 5 heteroatoms. The van der Waals surface area contributed by atoms with Gasteiger partial charge in [-0.3, -0.25) is 4.18 Å². The van der Waals surface area contributed by atoms with Crippen LogP contribution in [-0.4, -0.2) is 27.6 Å². The Kier molecular flexibility index (Phi) is 3.58. The molecule has 2 rings (SSSR count). The van der Waals surface area contributed by atoms with Gasteiger partial charge in [-0.25, -0.2) is 0 Å². The highest BCUT2D eigenvalue weighted by atomic mass is 32.2. The lowest BCUT2D eigenvalue weighted by atomic mass is 10.1. The third kappa shape index (κ3) is 3.30. The van der Waals surface area contributed by atoms with Crippen molar-refractivity contribution in [3.63, 3.8) is 0 Å². The van der Waals surface area contributed by atoms with Crippen LogP contribution in [0.2, 0.25) is 0 Å². The number of hydrogen-bond acceptors (Lipinski definition) is 4. The van der Waals surface area contributed by atoms with Crippen LogP contribution in [0.15, 0.2) is 30.3 Å². The molecule has 1 aliphatic rings. The Morgan fingerprint density at radius 3 is 2.56 bits per heavy atom. The van der Waals surface area contributed by atoms with E-state index < -0.39 is 10.1 Å². The first kappa shape index (κ1) is 11.6. The van der Waals surface area contributed by atoms with Crippen LogP contribution in [0.25, 0.3) is 0 Å². The Balaban J connectivity index is 1.87. The van der Waals surface area contributed by atoms with E-state index in [1.165, 1.54) is 0 Å². The van der Waals surface area contributed by atoms with E-state index >= 15 is 0 Å². The predicted molar refractivity (Wildman–Crippen MR) is 61.4 cm³/mol. The fourth-order valence-electron chi connectivity index (χ4n) is 1.50. The van der Waals surface area contributed by atoms with E-state index in [0.717, 1.165) is 18.5 Å². The van der Waals surface area contributed by atoms with Gasteiger partial charge in [0.1, 0.15) is 5.75 Å². The normalized spacial score (nSPS) is 20.4. The first-order valence-electron chi connectivity index (χ1n) is 5.30. The summed E-state index contributed by atoms with van der Waals surface area (Å²) in [4.78, 5) is 0. The van der Waals surface area contributed by atoms with Crippen LogP contribution in [0.5, 0.6) is 0 Å². The summed E-state index contributed by atoms with van der Waals surface area (Å²) in [5.41, 5.74) is 0.754. The summed E-state index contributed by atoms with van der Waals surface area (Å²) in [6, 6.07) is 9.25. The molecule has 4 nitrogen and oxygen atoms in total. The van der Waals surface area contributed by atoms with Gasteiger partial charge < -0.3 is 5.32 Å². The zero-order valence-corrected chi connectivity index (χ0v) is 9.74. The second-order valence-corrected chi connectivity index (χ2v) is 5.55. The third-order valence-electron chi connectivity index (χ3n) is 2.56. The smallest absolute Gasteiger partial charge is 0.271 e. The summed E-state index contributed by atoms with van der Waals surface area (Å²) in [7, 11) is -3.45. The number of benzene rings is 1. The number of nitrogens with one attached hydrogen (secondary N) is 1. The highest BCUT2D eigenvalue weighted by molar-refractivity contribution is 7.85. The highest BCUT2D eigenvalue weighted by Crippen LogP contribution is 2.09. The van der Waals surface area contributed by atoms with Gasteiger partial charge in [0.15, 0.2) is 0 Å². The molecule has 1 aliphatic heterocycles. The summed E-state index contributed by atoms with van der Waals surface area (Å²) >= 11 is 0. The zero-order chi connectivity index (χ0) is 11.4. The second-order valence-electron chi connectivity index (χ2n) is 3.91. The first-order chi connectivity index (χ1) is 7.66. The summed E-state index contributed by atoms with van der Waals surface area (Å²) < 4.78 is 28.1. The molecule has 0 spiro atoms. The largest absolute Gasteiger partial charge is 0.312 e. The van der Waals surface area contributed by atoms with Crippen molar-refractivity contribution in [1.29, 1.82) is 0 Å². The maximum absolute atomic E-state index is 11.6. The molecule has 0 bridgehead atoms. The van der Waals surface area contributed by atoms with Crippen molar-refractivity contribution in [2.75, 3.05) is 13.2 Å². The molecule has 1 aromatic rings. The molecule has 1 saturated heterocycles. The lowest BCUT2D eigenvalue weighted by Crippen LogP contribution is -2.46. The Labute approximate surface area is 95.7 Å². The minimum Gasteiger partial charge on any atom is -0.312 e. The van der Waals surface area contributed by atoms with Crippen LogP contribution in [0.4, 0.5) is 0 Å². The molecule has 16 heavy (non-hydrogen) atoms. The van der Waals surface area contributed by atoms with Crippen molar-refractivity contribution < 1.29 is 12.6 Å². The average molecular weight is 241 g/mol. The van der Waals surface area contributed by atoms with E-state index in [-0.39, 0.29) is 18.4 Å². The van der Waals surface area contributed by atoms with E-state index in [1.54, 1.807) is 12.1 Å². The van der Waals surface area contributed by atoms with Gasteiger partial charge >= 0.3 is 0 Å². The van der Waals surface area contributed by atoms with Crippen molar-refractivity contribution in [3.8, 4) is 0 Å². The van der Waals surface area contributed by atoms with Gasteiger partial charge in [0, 0.05) is 6.04 Å². The third-order valence-corrected chi connectivity index (χ3v) is 3.74. The monoisotopic (exact) mass is 241 g/mol. The molecule has 1 N–H and O–H groups in total. The van der Waals surface area contributed by atoms with Gasteiger partial charge in [0.05, 0.1) is 6.61 Å². The van der Waals surface area contributed by atoms with E-state index in [4.69, 9.17) is 4.18 Å². The van der Waals surface area contributed by atoms with Crippen molar-refractivity contribution >= 4 is 10.1 Å². The van der Waals surface area contributed by atoms with Gasteiger partial charge in [0.2, 0.25) is 0 Å². The maximum Gasteiger partial charge on any atom is 0.271 e. The molecule has 0 saturated carbocycles. The standard InChI is InChI=1S/C11H15NO3S/c13-16(14,15-8-11-6-7-12-11)9-10-4-2-1-3-5-10/h1-5,11-12H,6-9H2/t11-/m1/s1. The van der Waals surface area contributed by atoms with Crippen molar-refractivity contribution in [1.82, 2.24) is 5.32 Å². The van der Waals surface area contributed by atoms with Gasteiger partial charge in [0.25, 0.3) is 10.1 Å². The Bertz CT molecular complexity index is 426. The molecule has 1 atom stereocenters. The van der Waals surface area contributed by atoms with Gasteiger partial charge in [-0.05, 0) is 18.5 Å². The van der Waals surface area contributed by atoms with Crippen LogP contribution in [0.3, 0.4) is 0 Å². The van der Waals surface area contributed by atoms with Crippen LogP contribution in [0.1, 0.15) is 12.0 Å². The van der Waals surface area contributed by atoms with Gasteiger partial charge in [-0.2, -0.15) is 8.42 Å². The molecule has 0 amide bonds. The molecule has 1 fully saturated rings. The number of rotatable bonds is 5. The van der Waals surface area contributed by atoms with Crippen molar-refractivity contribution in [3.05, 3.63) is 35.9 Å². The fourth-order valence-corrected chi connectivity index (χ4v) is 2.55. The quantitative estimate of drug-likeness (QED) is 0.778. The topological polar surface area (TPSA) is 55.4 Å². The zero-order valence-electron chi connectivity index (χ0n) is 8.93. The van der Waals surface area contributed by atoms with Gasteiger partial charge in [-0.15, -0.1) is 0 Å². The molecule has 0 unspecified atom stereocenters. The lowest BCUT2D eigenvalue weighted by molar-refractivity contribution is 0.222. The maximum atomic E-state index is 11.6. The minimum absolute atomic E-state index is 0.0550. The molecular weight excluding hydrogens is 226 g/mol. The van der Waals surface area contributed by atoms with Crippen LogP contribution in [0, 0.1) is 0 Å². The lowest BCUT2D eigenvalue weighted by Gasteiger charge is -2.26. The molecule has 1 aromatic carbocycles. The molecule has 0 aliphatic carbocycles.